The molecule has 2 N–H and O–H groups in total. The number of aromatic nitrogens is 3. The van der Waals surface area contributed by atoms with Crippen LogP contribution in [0.5, 0.6) is 5.75 Å². The highest BCUT2D eigenvalue weighted by atomic mass is 35.5. The summed E-state index contributed by atoms with van der Waals surface area (Å²) in [4.78, 5) is 22.4. The van der Waals surface area contributed by atoms with E-state index in [1.54, 1.807) is 29.7 Å². The van der Waals surface area contributed by atoms with E-state index in [9.17, 15) is 4.79 Å². The van der Waals surface area contributed by atoms with Crippen LogP contribution in [0.4, 0.5) is 5.82 Å². The van der Waals surface area contributed by atoms with Crippen molar-refractivity contribution in [2.75, 3.05) is 26.6 Å². The maximum absolute atomic E-state index is 13.0. The number of fused-ring (bicyclic) bond motifs is 2. The van der Waals surface area contributed by atoms with E-state index in [1.165, 1.54) is 14.2 Å². The zero-order chi connectivity index (χ0) is 22.1. The molecule has 0 fully saturated rings. The second-order valence-corrected chi connectivity index (χ2v) is 7.38. The Morgan fingerprint density at radius 2 is 1.87 bits per heavy atom. The Morgan fingerprint density at radius 3 is 2.52 bits per heavy atom. The molecule has 2 aromatic heterocycles. The summed E-state index contributed by atoms with van der Waals surface area (Å²) in [7, 11) is 3.07. The van der Waals surface area contributed by atoms with Gasteiger partial charge in [0.05, 0.1) is 35.5 Å². The van der Waals surface area contributed by atoms with E-state index in [0.717, 1.165) is 0 Å². The largest absolute Gasteiger partial charge is 0.495 e. The van der Waals surface area contributed by atoms with Crippen LogP contribution in [0.25, 0.3) is 27.9 Å². The highest BCUT2D eigenvalue weighted by Gasteiger charge is 2.27. The first-order valence-electron chi connectivity index (χ1n) is 9.55. The standard InChI is InChI=1S/C22H21ClN4O4/c1-12(11-29-2)31-22(28)18-19-21(26-16-7-5-4-6-15(16)25-19)27(20(18)24)13-8-9-17(30-3)14(23)10-13/h4-10,12H,11,24H2,1-3H3/t12-/m0/s1. The fourth-order valence-electron chi connectivity index (χ4n) is 3.43. The number of benzene rings is 2. The smallest absolute Gasteiger partial charge is 0.344 e. The number of esters is 1. The fourth-order valence-corrected chi connectivity index (χ4v) is 3.68. The molecular weight excluding hydrogens is 420 g/mol. The van der Waals surface area contributed by atoms with Gasteiger partial charge >= 0.3 is 5.97 Å². The van der Waals surface area contributed by atoms with Crippen molar-refractivity contribution in [3.8, 4) is 11.4 Å². The molecule has 1 atom stereocenters. The van der Waals surface area contributed by atoms with Crippen LogP contribution in [0.1, 0.15) is 17.3 Å². The van der Waals surface area contributed by atoms with E-state index in [1.807, 2.05) is 24.3 Å². The van der Waals surface area contributed by atoms with Gasteiger partial charge in [-0.2, -0.15) is 0 Å². The van der Waals surface area contributed by atoms with Crippen LogP contribution in [0.2, 0.25) is 5.02 Å². The van der Waals surface area contributed by atoms with Crippen LogP contribution >= 0.6 is 11.6 Å². The number of hydrogen-bond donors (Lipinski definition) is 1. The third-order valence-electron chi connectivity index (χ3n) is 4.81. The molecular formula is C22H21ClN4O4. The van der Waals surface area contributed by atoms with Crippen molar-refractivity contribution >= 4 is 45.6 Å². The predicted molar refractivity (Wildman–Crippen MR) is 119 cm³/mol. The third-order valence-corrected chi connectivity index (χ3v) is 5.10. The highest BCUT2D eigenvalue weighted by Crippen LogP contribution is 2.34. The van der Waals surface area contributed by atoms with Gasteiger partial charge in [0, 0.05) is 7.11 Å². The molecule has 9 heteroatoms. The van der Waals surface area contributed by atoms with Crippen LogP contribution in [-0.4, -0.2) is 47.4 Å². The minimum absolute atomic E-state index is 0.142. The number of methoxy groups -OCH3 is 2. The molecule has 0 unspecified atom stereocenters. The molecule has 31 heavy (non-hydrogen) atoms. The Hall–Kier alpha value is -3.36. The predicted octanol–water partition coefficient (Wildman–Crippen LogP) is 4.01. The van der Waals surface area contributed by atoms with Crippen LogP contribution < -0.4 is 10.5 Å². The number of hydrogen-bond acceptors (Lipinski definition) is 7. The number of anilines is 1. The number of nitrogen functional groups attached to an aromatic ring is 1. The number of nitrogens with zero attached hydrogens (tertiary/aromatic N) is 3. The maximum atomic E-state index is 13.0. The molecule has 2 aromatic carbocycles. The van der Waals surface area contributed by atoms with Crippen molar-refractivity contribution in [2.24, 2.45) is 0 Å². The zero-order valence-corrected chi connectivity index (χ0v) is 18.0. The second-order valence-electron chi connectivity index (χ2n) is 6.97. The lowest BCUT2D eigenvalue weighted by molar-refractivity contribution is 0.0123. The van der Waals surface area contributed by atoms with Gasteiger partial charge in [-0.25, -0.2) is 14.8 Å². The Kier molecular flexibility index (Phi) is 5.67. The van der Waals surface area contributed by atoms with Gasteiger partial charge in [-0.05, 0) is 37.3 Å². The number of carbonyl (C=O) groups excluding carboxylic acids is 1. The molecule has 0 saturated heterocycles. The number of halogens is 1. The van der Waals surface area contributed by atoms with Crippen molar-refractivity contribution in [1.82, 2.24) is 14.5 Å². The summed E-state index contributed by atoms with van der Waals surface area (Å²) in [5, 5.41) is 0.396. The van der Waals surface area contributed by atoms with Crippen molar-refractivity contribution < 1.29 is 19.0 Å². The first-order valence-corrected chi connectivity index (χ1v) is 9.93. The molecule has 4 rings (SSSR count). The van der Waals surface area contributed by atoms with Gasteiger partial charge in [-0.15, -0.1) is 0 Å². The molecule has 0 radical (unpaired) electrons. The molecule has 8 nitrogen and oxygen atoms in total. The van der Waals surface area contributed by atoms with Gasteiger partial charge in [0.25, 0.3) is 0 Å². The van der Waals surface area contributed by atoms with E-state index in [-0.39, 0.29) is 18.0 Å². The molecule has 0 aliphatic rings. The lowest BCUT2D eigenvalue weighted by Gasteiger charge is -2.12. The minimum atomic E-state index is -0.602. The molecule has 0 aliphatic heterocycles. The summed E-state index contributed by atoms with van der Waals surface area (Å²) in [6.07, 6.45) is -0.459. The summed E-state index contributed by atoms with van der Waals surface area (Å²) < 4.78 is 17.4. The van der Waals surface area contributed by atoms with Gasteiger partial charge in [-0.3, -0.25) is 4.57 Å². The molecule has 4 aromatic rings. The maximum Gasteiger partial charge on any atom is 0.344 e. The minimum Gasteiger partial charge on any atom is -0.495 e. The van der Waals surface area contributed by atoms with E-state index in [0.29, 0.717) is 38.7 Å². The number of rotatable bonds is 6. The van der Waals surface area contributed by atoms with Gasteiger partial charge in [-0.1, -0.05) is 23.7 Å². The Bertz CT molecular complexity index is 1290. The van der Waals surface area contributed by atoms with Gasteiger partial charge < -0.3 is 19.9 Å². The van der Waals surface area contributed by atoms with Gasteiger partial charge in [0.1, 0.15) is 28.8 Å². The molecule has 0 aliphatic carbocycles. The van der Waals surface area contributed by atoms with E-state index in [4.69, 9.17) is 36.5 Å². The Morgan fingerprint density at radius 1 is 1.16 bits per heavy atom. The summed E-state index contributed by atoms with van der Waals surface area (Å²) in [5.74, 6) is 0.0705. The topological polar surface area (TPSA) is 101 Å². The average Bonchev–Trinajstić information content (AvgIpc) is 3.02. The third kappa shape index (κ3) is 3.75. The van der Waals surface area contributed by atoms with E-state index < -0.39 is 12.1 Å². The number of ether oxygens (including phenoxy) is 3. The van der Waals surface area contributed by atoms with Crippen LogP contribution in [0.15, 0.2) is 42.5 Å². The highest BCUT2D eigenvalue weighted by molar-refractivity contribution is 6.32. The fraction of sp³-hybridized carbons (Fsp3) is 0.227. The van der Waals surface area contributed by atoms with Crippen molar-refractivity contribution in [1.29, 1.82) is 0 Å². The number of para-hydroxylation sites is 2. The van der Waals surface area contributed by atoms with Crippen molar-refractivity contribution in [2.45, 2.75) is 13.0 Å². The van der Waals surface area contributed by atoms with Gasteiger partial charge in [0.15, 0.2) is 5.65 Å². The SMILES string of the molecule is COC[C@H](C)OC(=O)c1c(N)n(-c2ccc(OC)c(Cl)c2)c2nc3ccccc3nc12. The summed E-state index contributed by atoms with van der Waals surface area (Å²) >= 11 is 6.33. The second kappa shape index (κ2) is 8.41. The lowest BCUT2D eigenvalue weighted by atomic mass is 10.2. The Labute approximate surface area is 183 Å². The Balaban J connectivity index is 1.97. The number of nitrogens with two attached hydrogens (primary N) is 1. The monoisotopic (exact) mass is 440 g/mol. The lowest BCUT2D eigenvalue weighted by Crippen LogP contribution is -2.20. The molecule has 0 saturated carbocycles. The average molecular weight is 441 g/mol. The molecule has 0 spiro atoms. The molecule has 160 valence electrons. The van der Waals surface area contributed by atoms with E-state index >= 15 is 0 Å². The molecule has 0 amide bonds. The van der Waals surface area contributed by atoms with E-state index in [2.05, 4.69) is 4.98 Å². The zero-order valence-electron chi connectivity index (χ0n) is 17.3. The number of carbonyl (C=O) groups is 1. The van der Waals surface area contributed by atoms with Gasteiger partial charge in [0.2, 0.25) is 0 Å². The quantitative estimate of drug-likeness (QED) is 0.452. The summed E-state index contributed by atoms with van der Waals surface area (Å²) in [5.41, 5.74) is 9.28. The first-order chi connectivity index (χ1) is 14.9. The summed E-state index contributed by atoms with van der Waals surface area (Å²) in [6.45, 7) is 1.99. The summed E-state index contributed by atoms with van der Waals surface area (Å²) in [6, 6.07) is 12.6. The molecule has 0 bridgehead atoms. The molecule has 2 heterocycles. The first kappa shape index (κ1) is 20.9. The normalized spacial score (nSPS) is 12.3. The van der Waals surface area contributed by atoms with Crippen LogP contribution in [-0.2, 0) is 9.47 Å². The van der Waals surface area contributed by atoms with Crippen LogP contribution in [0, 0.1) is 0 Å². The van der Waals surface area contributed by atoms with Crippen molar-refractivity contribution in [3.63, 3.8) is 0 Å². The van der Waals surface area contributed by atoms with Crippen LogP contribution in [0.3, 0.4) is 0 Å². The van der Waals surface area contributed by atoms with Crippen molar-refractivity contribution in [3.05, 3.63) is 53.1 Å².